The van der Waals surface area contributed by atoms with E-state index in [0.29, 0.717) is 22.5 Å². The fourth-order valence-electron chi connectivity index (χ4n) is 5.00. The van der Waals surface area contributed by atoms with E-state index in [9.17, 15) is 20.0 Å². The van der Waals surface area contributed by atoms with Gasteiger partial charge in [-0.2, -0.15) is 0 Å². The third-order valence-electron chi connectivity index (χ3n) is 7.84. The van der Waals surface area contributed by atoms with Gasteiger partial charge in [-0.3, -0.25) is 19.9 Å². The maximum atomic E-state index is 13.1. The highest BCUT2D eigenvalue weighted by atomic mass is 32.1. The van der Waals surface area contributed by atoms with Crippen LogP contribution in [0.25, 0.3) is 0 Å². The van der Waals surface area contributed by atoms with Gasteiger partial charge < -0.3 is 20.1 Å². The fourth-order valence-corrected chi connectivity index (χ4v) is 5.98. The molecule has 0 aliphatic heterocycles. The van der Waals surface area contributed by atoms with E-state index < -0.39 is 0 Å². The van der Waals surface area contributed by atoms with Crippen molar-refractivity contribution in [3.63, 3.8) is 0 Å². The van der Waals surface area contributed by atoms with E-state index in [1.54, 1.807) is 48.5 Å². The maximum Gasteiger partial charge on any atom is 0.253 e. The summed E-state index contributed by atoms with van der Waals surface area (Å²) in [6.45, 7) is 11.9. The SMILES string of the molecule is CCCCN(CCCC)C(=O)c1ccc(N([O-])Cc2ccc(CN(O)c3ccc(C(=O)N(CCCC)CCCC)cc3)s2)cc1. The number of carbonyl (C=O) groups excluding carboxylic acids is 2. The molecule has 0 bridgehead atoms. The third kappa shape index (κ3) is 11.2. The molecule has 0 aliphatic rings. The van der Waals surface area contributed by atoms with Gasteiger partial charge in [0, 0.05) is 59.3 Å². The van der Waals surface area contributed by atoms with E-state index in [-0.39, 0.29) is 24.9 Å². The molecule has 8 nitrogen and oxygen atoms in total. The minimum atomic E-state index is 0.0134. The summed E-state index contributed by atoms with van der Waals surface area (Å²) in [4.78, 5) is 31.8. The predicted molar refractivity (Wildman–Crippen MR) is 186 cm³/mol. The number of anilines is 2. The van der Waals surface area contributed by atoms with Crippen LogP contribution < -0.4 is 10.1 Å². The van der Waals surface area contributed by atoms with Crippen LogP contribution in [0.2, 0.25) is 0 Å². The minimum absolute atomic E-state index is 0.0134. The molecule has 1 aromatic heterocycles. The molecule has 0 atom stereocenters. The lowest BCUT2D eigenvalue weighted by molar-refractivity contribution is 0.0743. The summed E-state index contributed by atoms with van der Waals surface area (Å²) in [5.41, 5.74) is 2.31. The molecule has 3 aromatic rings. The van der Waals surface area contributed by atoms with Gasteiger partial charge in [-0.1, -0.05) is 53.4 Å². The highest BCUT2D eigenvalue weighted by molar-refractivity contribution is 7.12. The van der Waals surface area contributed by atoms with E-state index in [1.165, 1.54) is 11.3 Å². The fraction of sp³-hybridized carbons (Fsp3) is 0.500. The Hall–Kier alpha value is -3.40. The molecule has 0 aliphatic carbocycles. The molecular weight excluding hydrogens is 584 g/mol. The Bertz CT molecular complexity index is 1180. The van der Waals surface area contributed by atoms with Gasteiger partial charge in [-0.25, -0.2) is 0 Å². The van der Waals surface area contributed by atoms with E-state index in [0.717, 1.165) is 97.4 Å². The zero-order valence-corrected chi connectivity index (χ0v) is 28.4. The lowest BCUT2D eigenvalue weighted by atomic mass is 10.1. The largest absolute Gasteiger partial charge is 0.758 e. The topological polar surface area (TPSA) is 90.4 Å². The monoisotopic (exact) mass is 635 g/mol. The maximum absolute atomic E-state index is 13.1. The van der Waals surface area contributed by atoms with Crippen LogP contribution in [-0.4, -0.2) is 53.0 Å². The molecule has 9 heteroatoms. The van der Waals surface area contributed by atoms with E-state index in [4.69, 9.17) is 0 Å². The highest BCUT2D eigenvalue weighted by Crippen LogP contribution is 2.25. The molecule has 45 heavy (non-hydrogen) atoms. The molecule has 0 radical (unpaired) electrons. The first-order chi connectivity index (χ1) is 21.8. The van der Waals surface area contributed by atoms with Gasteiger partial charge in [0.1, 0.15) is 0 Å². The number of carbonyl (C=O) groups is 2. The summed E-state index contributed by atoms with van der Waals surface area (Å²) in [7, 11) is 0. The third-order valence-corrected chi connectivity index (χ3v) is 8.89. The second-order valence-electron chi connectivity index (χ2n) is 11.6. The van der Waals surface area contributed by atoms with Gasteiger partial charge >= 0.3 is 0 Å². The summed E-state index contributed by atoms with van der Waals surface area (Å²) in [5.74, 6) is 0.0414. The first-order valence-electron chi connectivity index (χ1n) is 16.6. The molecule has 3 rings (SSSR count). The molecule has 0 unspecified atom stereocenters. The molecule has 0 spiro atoms. The van der Waals surface area contributed by atoms with Crippen molar-refractivity contribution < 1.29 is 14.8 Å². The lowest BCUT2D eigenvalue weighted by Crippen LogP contribution is -2.33. The van der Waals surface area contributed by atoms with Crippen molar-refractivity contribution in [2.24, 2.45) is 0 Å². The quantitative estimate of drug-likeness (QED) is 0.125. The predicted octanol–water partition coefficient (Wildman–Crippen LogP) is 8.73. The first-order valence-corrected chi connectivity index (χ1v) is 17.4. The average Bonchev–Trinajstić information content (AvgIpc) is 3.50. The van der Waals surface area contributed by atoms with Crippen molar-refractivity contribution in [2.75, 3.05) is 36.3 Å². The second-order valence-corrected chi connectivity index (χ2v) is 12.8. The van der Waals surface area contributed by atoms with E-state index >= 15 is 0 Å². The van der Waals surface area contributed by atoms with Crippen LogP contribution in [-0.2, 0) is 13.1 Å². The molecule has 1 heterocycles. The molecule has 0 saturated heterocycles. The Morgan fingerprint density at radius 2 is 0.978 bits per heavy atom. The number of nitrogens with zero attached hydrogens (tertiary/aromatic N) is 4. The van der Waals surface area contributed by atoms with Crippen molar-refractivity contribution in [1.82, 2.24) is 9.80 Å². The number of hydrogen-bond acceptors (Lipinski definition) is 7. The smallest absolute Gasteiger partial charge is 0.253 e. The normalized spacial score (nSPS) is 11.0. The average molecular weight is 636 g/mol. The standard InChI is InChI=1S/C36H51N4O4S/c1-5-9-23-37(24-10-6-2)35(41)29-13-17-31(18-14-29)39(43)27-33-21-22-34(45-33)28-40(44)32-19-15-30(16-20-32)36(42)38(25-11-7-3)26-12-8-4/h13-22,43H,5-12,23-28H2,1-4H3/q-1. The van der Waals surface area contributed by atoms with E-state index in [1.807, 2.05) is 21.9 Å². The number of thiophene rings is 1. The van der Waals surface area contributed by atoms with Gasteiger partial charge in [-0.05, 0) is 86.3 Å². The Balaban J connectivity index is 1.56. The van der Waals surface area contributed by atoms with Crippen molar-refractivity contribution >= 4 is 34.5 Å². The van der Waals surface area contributed by atoms with Crippen molar-refractivity contribution in [1.29, 1.82) is 0 Å². The van der Waals surface area contributed by atoms with Gasteiger partial charge in [0.05, 0.1) is 12.2 Å². The molecule has 0 saturated carbocycles. The summed E-state index contributed by atoms with van der Waals surface area (Å²) in [6.07, 6.45) is 8.06. The minimum Gasteiger partial charge on any atom is -0.758 e. The van der Waals surface area contributed by atoms with Crippen LogP contribution in [0.3, 0.4) is 0 Å². The summed E-state index contributed by atoms with van der Waals surface area (Å²) in [6, 6.07) is 17.8. The summed E-state index contributed by atoms with van der Waals surface area (Å²) in [5, 5.41) is 25.8. The second kappa shape index (κ2) is 19.2. The number of benzene rings is 2. The summed E-state index contributed by atoms with van der Waals surface area (Å²) < 4.78 is 0. The van der Waals surface area contributed by atoms with Gasteiger partial charge in [0.2, 0.25) is 0 Å². The van der Waals surface area contributed by atoms with Crippen molar-refractivity contribution in [2.45, 2.75) is 92.2 Å². The van der Waals surface area contributed by atoms with Crippen LogP contribution in [0.5, 0.6) is 0 Å². The highest BCUT2D eigenvalue weighted by Gasteiger charge is 2.17. The van der Waals surface area contributed by atoms with Crippen LogP contribution in [0, 0.1) is 5.21 Å². The molecular formula is C36H51N4O4S-. The Kier molecular flexibility index (Phi) is 15.4. The van der Waals surface area contributed by atoms with Crippen LogP contribution in [0.15, 0.2) is 60.7 Å². The zero-order chi connectivity index (χ0) is 32.6. The van der Waals surface area contributed by atoms with Gasteiger partial charge in [0.15, 0.2) is 0 Å². The number of hydrogen-bond donors (Lipinski definition) is 1. The van der Waals surface area contributed by atoms with Crippen LogP contribution in [0.1, 0.15) is 110 Å². The number of hydroxylamine groups is 2. The van der Waals surface area contributed by atoms with Gasteiger partial charge in [0.25, 0.3) is 11.8 Å². The Morgan fingerprint density at radius 3 is 1.38 bits per heavy atom. The van der Waals surface area contributed by atoms with E-state index in [2.05, 4.69) is 27.7 Å². The van der Waals surface area contributed by atoms with Crippen LogP contribution >= 0.6 is 11.3 Å². The molecule has 2 amide bonds. The molecule has 2 aromatic carbocycles. The molecule has 246 valence electrons. The number of rotatable bonds is 20. The lowest BCUT2D eigenvalue weighted by Gasteiger charge is -2.30. The van der Waals surface area contributed by atoms with Crippen molar-refractivity contribution in [3.8, 4) is 0 Å². The Labute approximate surface area is 273 Å². The first kappa shape index (κ1) is 36.1. The molecule has 1 N–H and O–H groups in total. The van der Waals surface area contributed by atoms with Gasteiger partial charge in [-0.15, -0.1) is 11.3 Å². The number of amides is 2. The summed E-state index contributed by atoms with van der Waals surface area (Å²) >= 11 is 1.47. The van der Waals surface area contributed by atoms with Crippen LogP contribution in [0.4, 0.5) is 11.4 Å². The number of unbranched alkanes of at least 4 members (excludes halogenated alkanes) is 4. The molecule has 0 fully saturated rings. The zero-order valence-electron chi connectivity index (χ0n) is 27.5. The van der Waals surface area contributed by atoms with Crippen molar-refractivity contribution in [3.05, 3.63) is 86.8 Å². The Morgan fingerprint density at radius 1 is 0.600 bits per heavy atom.